The van der Waals surface area contributed by atoms with E-state index in [4.69, 9.17) is 16.3 Å². The number of ether oxygens (including phenoxy) is 1. The van der Waals surface area contributed by atoms with Crippen molar-refractivity contribution in [3.8, 4) is 5.75 Å². The molecule has 0 spiro atoms. The number of carbonyl (C=O) groups is 1. The van der Waals surface area contributed by atoms with E-state index < -0.39 is 0 Å². The Balaban J connectivity index is 1.95. The number of nitrogens with one attached hydrogen (secondary N) is 2. The Morgan fingerprint density at radius 1 is 1.18 bits per heavy atom. The molecule has 2 rings (SSSR count). The summed E-state index contributed by atoms with van der Waals surface area (Å²) in [6, 6.07) is 11.2. The van der Waals surface area contributed by atoms with Gasteiger partial charge in [0.1, 0.15) is 5.75 Å². The lowest BCUT2D eigenvalue weighted by molar-refractivity contribution is -0.114. The van der Waals surface area contributed by atoms with Crippen molar-refractivity contribution < 1.29 is 9.53 Å². The van der Waals surface area contributed by atoms with E-state index in [0.29, 0.717) is 16.5 Å². The fourth-order valence-electron chi connectivity index (χ4n) is 2.05. The molecule has 2 N–H and O–H groups in total. The molecule has 1 amide bonds. The number of amides is 1. The second kappa shape index (κ2) is 7.18. The van der Waals surface area contributed by atoms with E-state index in [9.17, 15) is 4.79 Å². The van der Waals surface area contributed by atoms with E-state index >= 15 is 0 Å². The normalized spacial score (nSPS) is 10.2. The molecule has 5 heteroatoms. The molecular formula is C17H19ClN2O2. The van der Waals surface area contributed by atoms with Crippen LogP contribution in [-0.4, -0.2) is 19.6 Å². The molecule has 0 bridgehead atoms. The van der Waals surface area contributed by atoms with Gasteiger partial charge in [0.15, 0.2) is 0 Å². The van der Waals surface area contributed by atoms with E-state index in [2.05, 4.69) is 10.6 Å². The number of benzene rings is 2. The Hall–Kier alpha value is -2.20. The Labute approximate surface area is 135 Å². The van der Waals surface area contributed by atoms with Crippen LogP contribution in [0.15, 0.2) is 36.4 Å². The summed E-state index contributed by atoms with van der Waals surface area (Å²) in [6.07, 6.45) is 0. The molecule has 2 aromatic rings. The number of anilines is 2. The smallest absolute Gasteiger partial charge is 0.243 e. The van der Waals surface area contributed by atoms with Crippen molar-refractivity contribution in [2.45, 2.75) is 13.8 Å². The Bertz CT molecular complexity index is 686. The van der Waals surface area contributed by atoms with Gasteiger partial charge in [-0.05, 0) is 49.2 Å². The van der Waals surface area contributed by atoms with Crippen molar-refractivity contribution in [1.82, 2.24) is 0 Å². The average Bonchev–Trinajstić information content (AvgIpc) is 2.48. The maximum Gasteiger partial charge on any atom is 0.243 e. The largest absolute Gasteiger partial charge is 0.495 e. The van der Waals surface area contributed by atoms with Gasteiger partial charge in [-0.25, -0.2) is 0 Å². The van der Waals surface area contributed by atoms with Gasteiger partial charge in [0.25, 0.3) is 0 Å². The second-order valence-corrected chi connectivity index (χ2v) is 5.48. The fourth-order valence-corrected chi connectivity index (χ4v) is 2.31. The van der Waals surface area contributed by atoms with Crippen molar-refractivity contribution in [3.05, 3.63) is 52.5 Å². The minimum Gasteiger partial charge on any atom is -0.495 e. The number of rotatable bonds is 5. The van der Waals surface area contributed by atoms with E-state index in [-0.39, 0.29) is 12.5 Å². The third-order valence-electron chi connectivity index (χ3n) is 3.27. The monoisotopic (exact) mass is 318 g/mol. The molecule has 116 valence electrons. The molecule has 0 atom stereocenters. The average molecular weight is 319 g/mol. The maximum absolute atomic E-state index is 12.0. The van der Waals surface area contributed by atoms with Gasteiger partial charge in [0.05, 0.1) is 18.7 Å². The second-order valence-electron chi connectivity index (χ2n) is 5.07. The van der Waals surface area contributed by atoms with Crippen LogP contribution >= 0.6 is 11.6 Å². The van der Waals surface area contributed by atoms with Crippen molar-refractivity contribution in [1.29, 1.82) is 0 Å². The molecule has 0 aliphatic heterocycles. The lowest BCUT2D eigenvalue weighted by Crippen LogP contribution is -2.22. The lowest BCUT2D eigenvalue weighted by Gasteiger charge is -2.11. The quantitative estimate of drug-likeness (QED) is 0.875. The first-order chi connectivity index (χ1) is 10.5. The standard InChI is InChI=1S/C17H19ClN2O2/c1-11-4-5-12(2)15(8-11)19-10-17(21)20-13-6-7-16(22-3)14(18)9-13/h4-9,19H,10H2,1-3H3,(H,20,21). The summed E-state index contributed by atoms with van der Waals surface area (Å²) >= 11 is 6.03. The summed E-state index contributed by atoms with van der Waals surface area (Å²) in [6.45, 7) is 4.21. The first-order valence-electron chi connectivity index (χ1n) is 6.94. The van der Waals surface area contributed by atoms with Gasteiger partial charge in [0, 0.05) is 11.4 Å². The van der Waals surface area contributed by atoms with Crippen molar-refractivity contribution >= 4 is 28.9 Å². The molecule has 0 aliphatic rings. The highest BCUT2D eigenvalue weighted by atomic mass is 35.5. The first kappa shape index (κ1) is 16.2. The van der Waals surface area contributed by atoms with E-state index in [0.717, 1.165) is 16.8 Å². The predicted molar refractivity (Wildman–Crippen MR) is 91.0 cm³/mol. The van der Waals surface area contributed by atoms with Crippen LogP contribution in [0, 0.1) is 13.8 Å². The molecular weight excluding hydrogens is 300 g/mol. The molecule has 0 aromatic heterocycles. The van der Waals surface area contributed by atoms with Crippen LogP contribution in [0.4, 0.5) is 11.4 Å². The summed E-state index contributed by atoms with van der Waals surface area (Å²) in [7, 11) is 1.55. The van der Waals surface area contributed by atoms with Gasteiger partial charge < -0.3 is 15.4 Å². The number of methoxy groups -OCH3 is 1. The Morgan fingerprint density at radius 3 is 2.64 bits per heavy atom. The van der Waals surface area contributed by atoms with Crippen LogP contribution in [0.2, 0.25) is 5.02 Å². The molecule has 0 aliphatic carbocycles. The zero-order chi connectivity index (χ0) is 16.1. The molecule has 4 nitrogen and oxygen atoms in total. The zero-order valence-electron chi connectivity index (χ0n) is 12.9. The minimum atomic E-state index is -0.137. The van der Waals surface area contributed by atoms with Crippen LogP contribution in [0.5, 0.6) is 5.75 Å². The molecule has 0 saturated heterocycles. The van der Waals surface area contributed by atoms with Gasteiger partial charge >= 0.3 is 0 Å². The molecule has 0 radical (unpaired) electrons. The summed E-state index contributed by atoms with van der Waals surface area (Å²) in [5.41, 5.74) is 3.85. The Kier molecular flexibility index (Phi) is 5.28. The van der Waals surface area contributed by atoms with Crippen LogP contribution < -0.4 is 15.4 Å². The number of carbonyl (C=O) groups excluding carboxylic acids is 1. The number of hydrogen-bond acceptors (Lipinski definition) is 3. The lowest BCUT2D eigenvalue weighted by atomic mass is 10.1. The molecule has 0 fully saturated rings. The topological polar surface area (TPSA) is 50.4 Å². The zero-order valence-corrected chi connectivity index (χ0v) is 13.6. The number of hydrogen-bond donors (Lipinski definition) is 2. The van der Waals surface area contributed by atoms with Crippen LogP contribution in [0.25, 0.3) is 0 Å². The summed E-state index contributed by atoms with van der Waals surface area (Å²) in [5, 5.41) is 6.40. The van der Waals surface area contributed by atoms with E-state index in [1.807, 2.05) is 32.0 Å². The minimum absolute atomic E-state index is 0.137. The first-order valence-corrected chi connectivity index (χ1v) is 7.32. The fraction of sp³-hybridized carbons (Fsp3) is 0.235. The van der Waals surface area contributed by atoms with Crippen LogP contribution in [-0.2, 0) is 4.79 Å². The van der Waals surface area contributed by atoms with Gasteiger partial charge in [-0.3, -0.25) is 4.79 Å². The van der Waals surface area contributed by atoms with Gasteiger partial charge in [-0.15, -0.1) is 0 Å². The SMILES string of the molecule is COc1ccc(NC(=O)CNc2cc(C)ccc2C)cc1Cl. The van der Waals surface area contributed by atoms with Gasteiger partial charge in [-0.1, -0.05) is 23.7 Å². The third-order valence-corrected chi connectivity index (χ3v) is 3.56. The maximum atomic E-state index is 12.0. The third kappa shape index (κ3) is 4.15. The highest BCUT2D eigenvalue weighted by molar-refractivity contribution is 6.32. The highest BCUT2D eigenvalue weighted by Crippen LogP contribution is 2.27. The van der Waals surface area contributed by atoms with E-state index in [1.54, 1.807) is 25.3 Å². The number of aryl methyl sites for hydroxylation is 2. The van der Waals surface area contributed by atoms with Crippen molar-refractivity contribution in [2.75, 3.05) is 24.3 Å². The summed E-state index contributed by atoms with van der Waals surface area (Å²) < 4.78 is 5.08. The molecule has 0 saturated carbocycles. The van der Waals surface area contributed by atoms with Crippen LogP contribution in [0.3, 0.4) is 0 Å². The molecule has 2 aromatic carbocycles. The molecule has 22 heavy (non-hydrogen) atoms. The van der Waals surface area contributed by atoms with Gasteiger partial charge in [0.2, 0.25) is 5.91 Å². The molecule has 0 heterocycles. The van der Waals surface area contributed by atoms with Crippen molar-refractivity contribution in [3.63, 3.8) is 0 Å². The Morgan fingerprint density at radius 2 is 1.95 bits per heavy atom. The highest BCUT2D eigenvalue weighted by Gasteiger charge is 2.06. The van der Waals surface area contributed by atoms with E-state index in [1.165, 1.54) is 0 Å². The molecule has 0 unspecified atom stereocenters. The van der Waals surface area contributed by atoms with Gasteiger partial charge in [-0.2, -0.15) is 0 Å². The number of halogens is 1. The predicted octanol–water partition coefficient (Wildman–Crippen LogP) is 4.02. The van der Waals surface area contributed by atoms with Crippen LogP contribution in [0.1, 0.15) is 11.1 Å². The van der Waals surface area contributed by atoms with Crippen molar-refractivity contribution in [2.24, 2.45) is 0 Å². The summed E-state index contributed by atoms with van der Waals surface area (Å²) in [5.74, 6) is 0.440. The summed E-state index contributed by atoms with van der Waals surface area (Å²) in [4.78, 5) is 12.0.